The van der Waals surface area contributed by atoms with E-state index in [0.717, 1.165) is 6.08 Å². The van der Waals surface area contributed by atoms with Crippen LogP contribution in [-0.2, 0) is 28.6 Å². The Bertz CT molecular complexity index is 507. The van der Waals surface area contributed by atoms with Gasteiger partial charge in [-0.2, -0.15) is 5.26 Å². The predicted molar refractivity (Wildman–Crippen MR) is 62.5 cm³/mol. The van der Waals surface area contributed by atoms with Gasteiger partial charge in [0.25, 0.3) is 5.79 Å². The maximum Gasteiger partial charge on any atom is 0.347 e. The molecule has 1 heterocycles. The fourth-order valence-electron chi connectivity index (χ4n) is 2.58. The lowest BCUT2D eigenvalue weighted by Crippen LogP contribution is -2.45. The molecule has 0 aromatic carbocycles. The molecular formula is C13H13NO6. The molecule has 0 amide bonds. The Morgan fingerprint density at radius 1 is 1.60 bits per heavy atom. The van der Waals surface area contributed by atoms with Crippen molar-refractivity contribution in [3.8, 4) is 6.07 Å². The van der Waals surface area contributed by atoms with Crippen LogP contribution in [0.1, 0.15) is 19.3 Å². The highest BCUT2D eigenvalue weighted by molar-refractivity contribution is 5.83. The smallest absolute Gasteiger partial charge is 0.347 e. The summed E-state index contributed by atoms with van der Waals surface area (Å²) in [6, 6.07) is 2.00. The van der Waals surface area contributed by atoms with Gasteiger partial charge in [-0.25, -0.2) is 9.59 Å². The van der Waals surface area contributed by atoms with E-state index >= 15 is 0 Å². The van der Waals surface area contributed by atoms with Crippen LogP contribution in [0.25, 0.3) is 0 Å². The lowest BCUT2D eigenvalue weighted by molar-refractivity contribution is -0.244. The van der Waals surface area contributed by atoms with Crippen LogP contribution in [0.4, 0.5) is 0 Å². The van der Waals surface area contributed by atoms with Crippen LogP contribution in [0.2, 0.25) is 0 Å². The molecule has 2 aliphatic rings. The summed E-state index contributed by atoms with van der Waals surface area (Å²) < 4.78 is 14.8. The Kier molecular flexibility index (Phi) is 3.74. The molecule has 0 aromatic rings. The molecule has 0 aromatic heterocycles. The van der Waals surface area contributed by atoms with Gasteiger partial charge in [-0.05, 0) is 12.3 Å². The molecule has 20 heavy (non-hydrogen) atoms. The maximum atomic E-state index is 11.6. The van der Waals surface area contributed by atoms with E-state index in [1.165, 1.54) is 0 Å². The van der Waals surface area contributed by atoms with Crippen molar-refractivity contribution < 1.29 is 28.6 Å². The first-order valence-electron chi connectivity index (χ1n) is 6.11. The third kappa shape index (κ3) is 2.64. The number of nitrogens with zero attached hydrogens (tertiary/aromatic N) is 1. The molecule has 1 aliphatic carbocycles. The van der Waals surface area contributed by atoms with Crippen molar-refractivity contribution in [2.75, 3.05) is 6.61 Å². The third-order valence-corrected chi connectivity index (χ3v) is 3.36. The van der Waals surface area contributed by atoms with Crippen LogP contribution >= 0.6 is 0 Å². The summed E-state index contributed by atoms with van der Waals surface area (Å²) in [5.74, 6) is -4.37. The molecule has 7 heteroatoms. The number of hydrogen-bond acceptors (Lipinski definition) is 7. The van der Waals surface area contributed by atoms with Gasteiger partial charge in [0.15, 0.2) is 6.61 Å². The SMILES string of the molecule is C=CC(=O)OCC(=O)OC12CC(CC(=O)O1)CC2C#N. The van der Waals surface area contributed by atoms with E-state index in [9.17, 15) is 14.4 Å². The van der Waals surface area contributed by atoms with Crippen LogP contribution in [0, 0.1) is 23.2 Å². The number of nitriles is 1. The quantitative estimate of drug-likeness (QED) is 0.543. The average molecular weight is 279 g/mol. The summed E-state index contributed by atoms with van der Waals surface area (Å²) in [4.78, 5) is 34.0. The maximum absolute atomic E-state index is 11.6. The van der Waals surface area contributed by atoms with E-state index in [4.69, 9.17) is 14.7 Å². The fourth-order valence-corrected chi connectivity index (χ4v) is 2.58. The minimum absolute atomic E-state index is 0.0237. The molecular weight excluding hydrogens is 266 g/mol. The monoisotopic (exact) mass is 279 g/mol. The second-order valence-electron chi connectivity index (χ2n) is 4.76. The van der Waals surface area contributed by atoms with Crippen LogP contribution in [0.15, 0.2) is 12.7 Å². The Labute approximate surface area is 115 Å². The highest BCUT2D eigenvalue weighted by Gasteiger charge is 2.57. The first-order valence-corrected chi connectivity index (χ1v) is 6.11. The molecule has 2 fully saturated rings. The summed E-state index contributed by atoms with van der Waals surface area (Å²) in [6.45, 7) is 2.57. The van der Waals surface area contributed by atoms with Crippen molar-refractivity contribution >= 4 is 17.9 Å². The van der Waals surface area contributed by atoms with Crippen LogP contribution in [0.5, 0.6) is 0 Å². The zero-order valence-corrected chi connectivity index (χ0v) is 10.7. The number of fused-ring (bicyclic) bond motifs is 2. The number of rotatable bonds is 4. The van der Waals surface area contributed by atoms with Crippen LogP contribution in [-0.4, -0.2) is 30.3 Å². The Balaban J connectivity index is 2.03. The van der Waals surface area contributed by atoms with Crippen molar-refractivity contribution in [2.45, 2.75) is 25.0 Å². The molecule has 1 saturated carbocycles. The summed E-state index contributed by atoms with van der Waals surface area (Å²) in [7, 11) is 0. The molecule has 0 spiro atoms. The lowest BCUT2D eigenvalue weighted by Gasteiger charge is -2.33. The van der Waals surface area contributed by atoms with Crippen LogP contribution in [0.3, 0.4) is 0 Å². The number of ether oxygens (including phenoxy) is 3. The fraction of sp³-hybridized carbons (Fsp3) is 0.538. The largest absolute Gasteiger partial charge is 0.451 e. The van der Waals surface area contributed by atoms with E-state index < -0.39 is 36.2 Å². The Morgan fingerprint density at radius 2 is 2.35 bits per heavy atom. The van der Waals surface area contributed by atoms with Gasteiger partial charge in [0, 0.05) is 18.9 Å². The van der Waals surface area contributed by atoms with E-state index in [0.29, 0.717) is 12.8 Å². The first-order chi connectivity index (χ1) is 9.49. The van der Waals surface area contributed by atoms with Crippen molar-refractivity contribution in [1.29, 1.82) is 5.26 Å². The van der Waals surface area contributed by atoms with Gasteiger partial charge in [-0.15, -0.1) is 0 Å². The number of carbonyl (C=O) groups excluding carboxylic acids is 3. The van der Waals surface area contributed by atoms with Gasteiger partial charge in [0.1, 0.15) is 5.92 Å². The molecule has 3 unspecified atom stereocenters. The average Bonchev–Trinajstić information content (AvgIpc) is 2.66. The molecule has 1 aliphatic heterocycles. The van der Waals surface area contributed by atoms with Gasteiger partial charge >= 0.3 is 17.9 Å². The molecule has 3 atom stereocenters. The van der Waals surface area contributed by atoms with E-state index in [1.54, 1.807) is 0 Å². The molecule has 0 radical (unpaired) electrons. The minimum atomic E-state index is -1.54. The number of hydrogen-bond donors (Lipinski definition) is 0. The second kappa shape index (κ2) is 5.33. The van der Waals surface area contributed by atoms with Crippen molar-refractivity contribution in [1.82, 2.24) is 0 Å². The van der Waals surface area contributed by atoms with Gasteiger partial charge in [0.05, 0.1) is 6.07 Å². The lowest BCUT2D eigenvalue weighted by atomic mass is 10.0. The summed E-state index contributed by atoms with van der Waals surface area (Å²) >= 11 is 0. The minimum Gasteiger partial charge on any atom is -0.451 e. The second-order valence-corrected chi connectivity index (χ2v) is 4.76. The number of carbonyl (C=O) groups is 3. The van der Waals surface area contributed by atoms with Crippen LogP contribution < -0.4 is 0 Å². The summed E-state index contributed by atoms with van der Waals surface area (Å²) in [6.07, 6.45) is 1.89. The third-order valence-electron chi connectivity index (χ3n) is 3.36. The normalized spacial score (nSPS) is 30.9. The topological polar surface area (TPSA) is 103 Å². The Morgan fingerprint density at radius 3 is 3.00 bits per heavy atom. The van der Waals surface area contributed by atoms with Crippen molar-refractivity contribution in [2.24, 2.45) is 11.8 Å². The molecule has 0 N–H and O–H groups in total. The molecule has 1 saturated heterocycles. The standard InChI is InChI=1S/C13H13NO6/c1-2-10(15)18-7-12(17)20-13-5-8(3-9(13)6-14)4-11(16)19-13/h2,8-9H,1,3-5,7H2. The number of esters is 3. The van der Waals surface area contributed by atoms with E-state index in [-0.39, 0.29) is 12.3 Å². The summed E-state index contributed by atoms with van der Waals surface area (Å²) in [5.41, 5.74) is 0. The van der Waals surface area contributed by atoms with Gasteiger partial charge in [-0.1, -0.05) is 6.58 Å². The van der Waals surface area contributed by atoms with E-state index in [1.807, 2.05) is 6.07 Å². The predicted octanol–water partition coefficient (Wildman–Crippen LogP) is 0.452. The highest BCUT2D eigenvalue weighted by Crippen LogP contribution is 2.48. The molecule has 106 valence electrons. The van der Waals surface area contributed by atoms with Gasteiger partial charge in [0.2, 0.25) is 0 Å². The van der Waals surface area contributed by atoms with Gasteiger partial charge in [-0.3, -0.25) is 4.79 Å². The molecule has 2 bridgehead atoms. The Hall–Kier alpha value is -2.36. The molecule has 2 rings (SSSR count). The zero-order valence-electron chi connectivity index (χ0n) is 10.7. The highest BCUT2D eigenvalue weighted by atomic mass is 16.7. The van der Waals surface area contributed by atoms with Gasteiger partial charge < -0.3 is 14.2 Å². The van der Waals surface area contributed by atoms with Crippen molar-refractivity contribution in [3.63, 3.8) is 0 Å². The van der Waals surface area contributed by atoms with E-state index in [2.05, 4.69) is 11.3 Å². The van der Waals surface area contributed by atoms with Crippen molar-refractivity contribution in [3.05, 3.63) is 12.7 Å². The molecule has 7 nitrogen and oxygen atoms in total. The zero-order chi connectivity index (χ0) is 14.8. The first kappa shape index (κ1) is 14.1. The summed E-state index contributed by atoms with van der Waals surface area (Å²) in [5, 5.41) is 9.10.